The number of hydrogen-bond donors (Lipinski definition) is 1. The van der Waals surface area contributed by atoms with Gasteiger partial charge >= 0.3 is 6.09 Å². The van der Waals surface area contributed by atoms with Gasteiger partial charge in [0, 0.05) is 0 Å². The van der Waals surface area contributed by atoms with E-state index in [0.717, 1.165) is 18.1 Å². The molecule has 128 valence electrons. The molecule has 1 rings (SSSR count). The highest BCUT2D eigenvalue weighted by Crippen LogP contribution is 2.09. The van der Waals surface area contributed by atoms with Crippen LogP contribution in [-0.4, -0.2) is 33.3 Å². The number of carbonyl (C=O) groups excluding carboxylic acids is 1. The Hall–Kier alpha value is -1.86. The van der Waals surface area contributed by atoms with Gasteiger partial charge in [-0.15, -0.1) is 0 Å². The summed E-state index contributed by atoms with van der Waals surface area (Å²) in [7, 11) is -2.67. The molecule has 23 heavy (non-hydrogen) atoms. The number of hydrogen-bond acceptors (Lipinski definition) is 5. The maximum Gasteiger partial charge on any atom is 0.408 e. The summed E-state index contributed by atoms with van der Waals surface area (Å²) in [6.07, 6.45) is 1.18. The molecule has 0 fully saturated rings. The predicted octanol–water partition coefficient (Wildman–Crippen LogP) is 2.61. The number of alkyl carbamates (subject to hydrolysis) is 1. The fraction of sp³-hybridized carbons (Fsp3) is 0.438. The minimum Gasteiger partial charge on any atom is -0.444 e. The molecule has 6 nitrogen and oxygen atoms in total. The third kappa shape index (κ3) is 8.37. The minimum atomic E-state index is -3.75. The van der Waals surface area contributed by atoms with Crippen LogP contribution in [-0.2, 0) is 25.5 Å². The van der Waals surface area contributed by atoms with Crippen LogP contribution in [0.2, 0.25) is 0 Å². The Morgan fingerprint density at radius 1 is 1.26 bits per heavy atom. The molecule has 0 radical (unpaired) electrons. The minimum absolute atomic E-state index is 0.426. The average molecular weight is 341 g/mol. The zero-order valence-electron chi connectivity index (χ0n) is 13.8. The van der Waals surface area contributed by atoms with Gasteiger partial charge in [0.15, 0.2) is 0 Å². The summed E-state index contributed by atoms with van der Waals surface area (Å²) >= 11 is 0. The Morgan fingerprint density at radius 3 is 2.39 bits per heavy atom. The lowest BCUT2D eigenvalue weighted by Gasteiger charge is -2.22. The van der Waals surface area contributed by atoms with Crippen LogP contribution in [0.15, 0.2) is 41.8 Å². The van der Waals surface area contributed by atoms with Crippen LogP contribution in [0.3, 0.4) is 0 Å². The van der Waals surface area contributed by atoms with Crippen molar-refractivity contribution in [3.8, 4) is 0 Å². The lowest BCUT2D eigenvalue weighted by molar-refractivity contribution is 0.0514. The van der Waals surface area contributed by atoms with Gasteiger partial charge in [-0.2, -0.15) is 8.42 Å². The van der Waals surface area contributed by atoms with E-state index >= 15 is 0 Å². The Morgan fingerprint density at radius 2 is 1.87 bits per heavy atom. The second kappa shape index (κ2) is 8.12. The van der Waals surface area contributed by atoms with Crippen LogP contribution in [0.5, 0.6) is 0 Å². The summed E-state index contributed by atoms with van der Waals surface area (Å²) in [5.41, 5.74) is 0.317. The molecule has 0 spiro atoms. The highest BCUT2D eigenvalue weighted by Gasteiger charge is 2.19. The zero-order chi connectivity index (χ0) is 17.5. The molecule has 1 N–H and O–H groups in total. The lowest BCUT2D eigenvalue weighted by Crippen LogP contribution is -2.39. The van der Waals surface area contributed by atoms with E-state index in [4.69, 9.17) is 4.74 Å². The molecule has 0 aromatic heterocycles. The Bertz CT molecular complexity index is 632. The van der Waals surface area contributed by atoms with E-state index in [1.165, 1.54) is 6.08 Å². The van der Waals surface area contributed by atoms with E-state index in [1.54, 1.807) is 20.8 Å². The third-order valence-electron chi connectivity index (χ3n) is 2.71. The van der Waals surface area contributed by atoms with E-state index < -0.39 is 27.9 Å². The highest BCUT2D eigenvalue weighted by atomic mass is 32.2. The molecule has 0 heterocycles. The first-order valence-electron chi connectivity index (χ1n) is 7.13. The van der Waals surface area contributed by atoms with Crippen LogP contribution in [0.4, 0.5) is 4.79 Å². The van der Waals surface area contributed by atoms with Gasteiger partial charge in [0.25, 0.3) is 10.1 Å². The summed E-state index contributed by atoms with van der Waals surface area (Å²) < 4.78 is 32.4. The van der Waals surface area contributed by atoms with Crippen molar-refractivity contribution in [2.75, 3.05) is 7.11 Å². The number of carbonyl (C=O) groups is 1. The second-order valence-corrected chi connectivity index (χ2v) is 7.52. The standard InChI is InChI=1S/C16H23NO5S/c1-16(2,3)22-15(18)17-14(10-11-23(19,20)21-4)12-13-8-6-5-7-9-13/h5-11,14H,12H2,1-4H3,(H,17,18)/b11-10+. The smallest absolute Gasteiger partial charge is 0.408 e. The monoisotopic (exact) mass is 341 g/mol. The normalized spacial score (nSPS) is 13.7. The summed E-state index contributed by atoms with van der Waals surface area (Å²) in [6.45, 7) is 5.26. The van der Waals surface area contributed by atoms with Gasteiger partial charge in [-0.25, -0.2) is 4.79 Å². The Labute approximate surface area is 137 Å². The quantitative estimate of drug-likeness (QED) is 0.804. The summed E-state index contributed by atoms with van der Waals surface area (Å²) in [5, 5.41) is 3.58. The van der Waals surface area contributed by atoms with E-state index in [-0.39, 0.29) is 0 Å². The number of ether oxygens (including phenoxy) is 1. The average Bonchev–Trinajstić information content (AvgIpc) is 2.44. The van der Waals surface area contributed by atoms with Gasteiger partial charge in [-0.3, -0.25) is 4.18 Å². The van der Waals surface area contributed by atoms with Crippen molar-refractivity contribution in [1.29, 1.82) is 0 Å². The first-order valence-corrected chi connectivity index (χ1v) is 8.61. The summed E-state index contributed by atoms with van der Waals surface area (Å²) in [5.74, 6) is 0. The first kappa shape index (κ1) is 19.2. The van der Waals surface area contributed by atoms with Gasteiger partial charge < -0.3 is 10.1 Å². The number of nitrogens with one attached hydrogen (secondary N) is 1. The van der Waals surface area contributed by atoms with Crippen molar-refractivity contribution in [2.45, 2.75) is 38.8 Å². The van der Waals surface area contributed by atoms with E-state index in [1.807, 2.05) is 30.3 Å². The molecule has 0 aliphatic heterocycles. The van der Waals surface area contributed by atoms with Gasteiger partial charge in [-0.1, -0.05) is 30.3 Å². The lowest BCUT2D eigenvalue weighted by atomic mass is 10.1. The maximum absolute atomic E-state index is 11.9. The van der Waals surface area contributed by atoms with Crippen molar-refractivity contribution in [3.63, 3.8) is 0 Å². The van der Waals surface area contributed by atoms with Crippen molar-refractivity contribution >= 4 is 16.2 Å². The van der Waals surface area contributed by atoms with Crippen LogP contribution in [0.1, 0.15) is 26.3 Å². The zero-order valence-corrected chi connectivity index (χ0v) is 14.6. The van der Waals surface area contributed by atoms with Crippen molar-refractivity contribution in [3.05, 3.63) is 47.4 Å². The summed E-state index contributed by atoms with van der Waals surface area (Å²) in [6, 6.07) is 8.86. The molecule has 7 heteroatoms. The molecule has 1 aromatic carbocycles. The van der Waals surface area contributed by atoms with Crippen molar-refractivity contribution in [1.82, 2.24) is 5.32 Å². The van der Waals surface area contributed by atoms with Crippen LogP contribution < -0.4 is 5.32 Å². The molecule has 1 unspecified atom stereocenters. The van der Waals surface area contributed by atoms with Crippen molar-refractivity contribution < 1.29 is 22.1 Å². The molecule has 1 atom stereocenters. The summed E-state index contributed by atoms with van der Waals surface area (Å²) in [4.78, 5) is 11.9. The van der Waals surface area contributed by atoms with Gasteiger partial charge in [0.1, 0.15) is 5.60 Å². The molecular formula is C16H23NO5S. The van der Waals surface area contributed by atoms with Crippen LogP contribution in [0, 0.1) is 0 Å². The molecule has 1 aromatic rings. The van der Waals surface area contributed by atoms with Gasteiger partial charge in [0.2, 0.25) is 0 Å². The molecule has 0 saturated carbocycles. The Balaban J connectivity index is 2.86. The molecule has 0 saturated heterocycles. The molecule has 0 bridgehead atoms. The van der Waals surface area contributed by atoms with E-state index in [0.29, 0.717) is 6.42 Å². The Kier molecular flexibility index (Phi) is 6.78. The molecule has 1 amide bonds. The van der Waals surface area contributed by atoms with E-state index in [9.17, 15) is 13.2 Å². The van der Waals surface area contributed by atoms with Crippen molar-refractivity contribution in [2.24, 2.45) is 0 Å². The highest BCUT2D eigenvalue weighted by molar-refractivity contribution is 7.89. The van der Waals surface area contributed by atoms with Crippen LogP contribution >= 0.6 is 0 Å². The van der Waals surface area contributed by atoms with E-state index in [2.05, 4.69) is 9.50 Å². The predicted molar refractivity (Wildman–Crippen MR) is 88.4 cm³/mol. The second-order valence-electron chi connectivity index (χ2n) is 5.93. The molecule has 0 aliphatic carbocycles. The largest absolute Gasteiger partial charge is 0.444 e. The molecule has 0 aliphatic rings. The maximum atomic E-state index is 11.9. The fourth-order valence-electron chi connectivity index (χ4n) is 1.74. The SMILES string of the molecule is COS(=O)(=O)/C=C/C(Cc1ccccc1)NC(=O)OC(C)(C)C. The first-order chi connectivity index (χ1) is 10.6. The van der Waals surface area contributed by atoms with Crippen LogP contribution in [0.25, 0.3) is 0 Å². The molecular weight excluding hydrogens is 318 g/mol. The number of rotatable bonds is 6. The van der Waals surface area contributed by atoms with Gasteiger partial charge in [-0.05, 0) is 38.8 Å². The third-order valence-corrected chi connectivity index (χ3v) is 3.67. The van der Waals surface area contributed by atoms with Gasteiger partial charge in [0.05, 0.1) is 18.6 Å². The number of amides is 1. The number of benzene rings is 1. The topological polar surface area (TPSA) is 81.7 Å². The fourth-order valence-corrected chi connectivity index (χ4v) is 2.23.